The molecule has 0 fully saturated rings. The lowest BCUT2D eigenvalue weighted by Crippen LogP contribution is -2.24. The van der Waals surface area contributed by atoms with E-state index in [4.69, 9.17) is 0 Å². The molecule has 0 aromatic heterocycles. The first-order valence-electron chi connectivity index (χ1n) is 4.38. The van der Waals surface area contributed by atoms with Crippen molar-refractivity contribution in [2.45, 2.75) is 33.6 Å². The van der Waals surface area contributed by atoms with Crippen LogP contribution in [0.3, 0.4) is 0 Å². The number of carbonyl (C=O) groups excluding carboxylic acids is 1. The van der Waals surface area contributed by atoms with Gasteiger partial charge in [0.1, 0.15) is 5.78 Å². The normalized spacial score (nSPS) is 15.9. The summed E-state index contributed by atoms with van der Waals surface area (Å²) in [6, 6.07) is 0. The van der Waals surface area contributed by atoms with Gasteiger partial charge in [0.15, 0.2) is 0 Å². The van der Waals surface area contributed by atoms with Crippen molar-refractivity contribution in [3.63, 3.8) is 0 Å². The smallest absolute Gasteiger partial charge is 0.140 e. The number of hydrogen-bond acceptors (Lipinski definition) is 1. The van der Waals surface area contributed by atoms with E-state index in [1.807, 2.05) is 26.0 Å². The van der Waals surface area contributed by atoms with Crippen molar-refractivity contribution in [2.24, 2.45) is 5.41 Å². The molecule has 12 heavy (non-hydrogen) atoms. The van der Waals surface area contributed by atoms with Crippen LogP contribution in [0.25, 0.3) is 0 Å². The van der Waals surface area contributed by atoms with Gasteiger partial charge in [-0.15, -0.1) is 6.58 Å². The minimum absolute atomic E-state index is 0.207. The second-order valence-corrected chi connectivity index (χ2v) is 3.04. The zero-order valence-electron chi connectivity index (χ0n) is 8.26. The highest BCUT2D eigenvalue weighted by Crippen LogP contribution is 2.29. The molecular formula is C11H18O. The van der Waals surface area contributed by atoms with Crippen molar-refractivity contribution in [1.29, 1.82) is 0 Å². The highest BCUT2D eigenvalue weighted by molar-refractivity contribution is 5.84. The van der Waals surface area contributed by atoms with Crippen LogP contribution in [0.15, 0.2) is 24.8 Å². The van der Waals surface area contributed by atoms with Gasteiger partial charge in [-0.1, -0.05) is 25.2 Å². The standard InChI is InChI=1S/C11H18O/c1-5-8-9-11(6-2,7-3)10(4)12/h5-6,8H,2,7,9H2,1,3-4H3/b8-5+. The van der Waals surface area contributed by atoms with E-state index in [2.05, 4.69) is 6.58 Å². The van der Waals surface area contributed by atoms with Crippen LogP contribution in [0, 0.1) is 5.41 Å². The van der Waals surface area contributed by atoms with E-state index in [0.29, 0.717) is 0 Å². The quantitative estimate of drug-likeness (QED) is 0.573. The summed E-state index contributed by atoms with van der Waals surface area (Å²) < 4.78 is 0. The molecule has 68 valence electrons. The van der Waals surface area contributed by atoms with Gasteiger partial charge in [0, 0.05) is 5.41 Å². The van der Waals surface area contributed by atoms with Crippen molar-refractivity contribution in [2.75, 3.05) is 0 Å². The summed E-state index contributed by atoms with van der Waals surface area (Å²) >= 11 is 0. The van der Waals surface area contributed by atoms with Gasteiger partial charge in [-0.2, -0.15) is 0 Å². The lowest BCUT2D eigenvalue weighted by molar-refractivity contribution is -0.124. The molecule has 0 saturated heterocycles. The predicted molar refractivity (Wildman–Crippen MR) is 53.0 cm³/mol. The van der Waals surface area contributed by atoms with Crippen molar-refractivity contribution in [3.05, 3.63) is 24.8 Å². The Morgan fingerprint density at radius 1 is 1.58 bits per heavy atom. The molecule has 0 aromatic carbocycles. The first-order chi connectivity index (χ1) is 5.63. The van der Waals surface area contributed by atoms with Gasteiger partial charge in [-0.3, -0.25) is 4.79 Å². The maximum Gasteiger partial charge on any atom is 0.140 e. The highest BCUT2D eigenvalue weighted by Gasteiger charge is 2.27. The molecular weight excluding hydrogens is 148 g/mol. The van der Waals surface area contributed by atoms with E-state index in [0.717, 1.165) is 12.8 Å². The summed E-state index contributed by atoms with van der Waals surface area (Å²) in [7, 11) is 0. The maximum atomic E-state index is 11.3. The first-order valence-corrected chi connectivity index (χ1v) is 4.38. The predicted octanol–water partition coefficient (Wildman–Crippen LogP) is 3.12. The Morgan fingerprint density at radius 3 is 2.42 bits per heavy atom. The largest absolute Gasteiger partial charge is 0.299 e. The molecule has 0 aliphatic carbocycles. The first kappa shape index (κ1) is 11.2. The topological polar surface area (TPSA) is 17.1 Å². The van der Waals surface area contributed by atoms with Gasteiger partial charge < -0.3 is 0 Å². The van der Waals surface area contributed by atoms with Gasteiger partial charge in [0.25, 0.3) is 0 Å². The van der Waals surface area contributed by atoms with Crippen LogP contribution in [0.4, 0.5) is 0 Å². The molecule has 0 aliphatic heterocycles. The minimum Gasteiger partial charge on any atom is -0.299 e. The number of allylic oxidation sites excluding steroid dienone is 3. The fourth-order valence-electron chi connectivity index (χ4n) is 1.24. The third-order valence-electron chi connectivity index (χ3n) is 2.44. The van der Waals surface area contributed by atoms with Gasteiger partial charge in [0.05, 0.1) is 0 Å². The Kier molecular flexibility index (Phi) is 4.57. The van der Waals surface area contributed by atoms with Crippen LogP contribution < -0.4 is 0 Å². The van der Waals surface area contributed by atoms with E-state index in [1.54, 1.807) is 13.0 Å². The van der Waals surface area contributed by atoms with E-state index in [-0.39, 0.29) is 11.2 Å². The van der Waals surface area contributed by atoms with Crippen LogP contribution >= 0.6 is 0 Å². The van der Waals surface area contributed by atoms with Crippen molar-refractivity contribution >= 4 is 5.78 Å². The van der Waals surface area contributed by atoms with Crippen LogP contribution in [-0.2, 0) is 4.79 Å². The van der Waals surface area contributed by atoms with E-state index >= 15 is 0 Å². The molecule has 1 nitrogen and oxygen atoms in total. The number of Topliss-reactive ketones (excluding diaryl/α,β-unsaturated/α-hetero) is 1. The molecule has 0 N–H and O–H groups in total. The Balaban J connectivity index is 4.57. The van der Waals surface area contributed by atoms with E-state index < -0.39 is 0 Å². The summed E-state index contributed by atoms with van der Waals surface area (Å²) in [5.74, 6) is 0.207. The zero-order valence-corrected chi connectivity index (χ0v) is 8.26. The summed E-state index contributed by atoms with van der Waals surface area (Å²) in [5.41, 5.74) is -0.327. The van der Waals surface area contributed by atoms with Crippen molar-refractivity contribution in [1.82, 2.24) is 0 Å². The zero-order chi connectivity index (χ0) is 9.61. The van der Waals surface area contributed by atoms with Gasteiger partial charge in [-0.25, -0.2) is 0 Å². The number of hydrogen-bond donors (Lipinski definition) is 0. The van der Waals surface area contributed by atoms with Gasteiger partial charge in [-0.05, 0) is 26.7 Å². The fraction of sp³-hybridized carbons (Fsp3) is 0.545. The fourth-order valence-corrected chi connectivity index (χ4v) is 1.24. The molecule has 0 saturated carbocycles. The van der Waals surface area contributed by atoms with E-state index in [1.165, 1.54) is 0 Å². The molecule has 1 atom stereocenters. The Hall–Kier alpha value is -0.850. The number of carbonyl (C=O) groups is 1. The molecule has 0 spiro atoms. The highest BCUT2D eigenvalue weighted by atomic mass is 16.1. The molecule has 1 heteroatoms. The van der Waals surface area contributed by atoms with Crippen LogP contribution in [0.5, 0.6) is 0 Å². The summed E-state index contributed by atoms with van der Waals surface area (Å²) in [6.45, 7) is 9.34. The number of ketones is 1. The van der Waals surface area contributed by atoms with Crippen LogP contribution in [-0.4, -0.2) is 5.78 Å². The SMILES string of the molecule is C=CC(CC)(C/C=C/C)C(C)=O. The molecule has 0 aliphatic rings. The molecule has 1 unspecified atom stereocenters. The number of rotatable bonds is 5. The van der Waals surface area contributed by atoms with Crippen LogP contribution in [0.1, 0.15) is 33.6 Å². The second kappa shape index (κ2) is 4.91. The van der Waals surface area contributed by atoms with Gasteiger partial charge >= 0.3 is 0 Å². The van der Waals surface area contributed by atoms with Crippen molar-refractivity contribution in [3.8, 4) is 0 Å². The lowest BCUT2D eigenvalue weighted by atomic mass is 9.78. The third kappa shape index (κ3) is 2.33. The second-order valence-electron chi connectivity index (χ2n) is 3.04. The van der Waals surface area contributed by atoms with E-state index in [9.17, 15) is 4.79 Å². The Labute approximate surface area is 75.2 Å². The third-order valence-corrected chi connectivity index (χ3v) is 2.44. The molecule has 0 bridgehead atoms. The molecule has 0 radical (unpaired) electrons. The van der Waals surface area contributed by atoms with Crippen LogP contribution in [0.2, 0.25) is 0 Å². The molecule has 0 rings (SSSR count). The lowest BCUT2D eigenvalue weighted by Gasteiger charge is -2.24. The Morgan fingerprint density at radius 2 is 2.17 bits per heavy atom. The average Bonchev–Trinajstić information content (AvgIpc) is 2.07. The monoisotopic (exact) mass is 166 g/mol. The van der Waals surface area contributed by atoms with Crippen molar-refractivity contribution < 1.29 is 4.79 Å². The summed E-state index contributed by atoms with van der Waals surface area (Å²) in [4.78, 5) is 11.3. The van der Waals surface area contributed by atoms with Gasteiger partial charge in [0.2, 0.25) is 0 Å². The summed E-state index contributed by atoms with van der Waals surface area (Å²) in [6.07, 6.45) is 7.37. The summed E-state index contributed by atoms with van der Waals surface area (Å²) in [5, 5.41) is 0. The molecule has 0 aromatic rings. The minimum atomic E-state index is -0.327. The Bertz CT molecular complexity index is 191. The molecule has 0 heterocycles. The average molecular weight is 166 g/mol. The maximum absolute atomic E-state index is 11.3. The molecule has 0 amide bonds.